The number of hydrogen-bond donors (Lipinski definition) is 2. The number of carbonyl (C=O) groups excluding carboxylic acids is 1. The lowest BCUT2D eigenvalue weighted by molar-refractivity contribution is 0.0953. The Bertz CT molecular complexity index is 646. The molecular weight excluding hydrogens is 326 g/mol. The summed E-state index contributed by atoms with van der Waals surface area (Å²) >= 11 is 1.59. The molecule has 130 valence electrons. The van der Waals surface area contributed by atoms with Crippen LogP contribution in [-0.4, -0.2) is 44.2 Å². The Morgan fingerprint density at radius 3 is 2.92 bits per heavy atom. The lowest BCUT2D eigenvalue weighted by Crippen LogP contribution is -2.33. The van der Waals surface area contributed by atoms with E-state index in [1.54, 1.807) is 30.6 Å². The maximum atomic E-state index is 12.1. The van der Waals surface area contributed by atoms with Crippen LogP contribution in [0, 0.1) is 6.92 Å². The zero-order valence-electron chi connectivity index (χ0n) is 14.0. The van der Waals surface area contributed by atoms with Crippen molar-refractivity contribution in [1.29, 1.82) is 0 Å². The molecule has 1 amide bonds. The number of aryl methyl sites for hydroxylation is 1. The highest BCUT2D eigenvalue weighted by Crippen LogP contribution is 2.16. The van der Waals surface area contributed by atoms with Crippen LogP contribution in [0.25, 0.3) is 0 Å². The average molecular weight is 349 g/mol. The van der Waals surface area contributed by atoms with E-state index in [0.29, 0.717) is 37.6 Å². The van der Waals surface area contributed by atoms with E-state index in [9.17, 15) is 4.79 Å². The molecule has 0 aliphatic carbocycles. The molecule has 0 aliphatic rings. The van der Waals surface area contributed by atoms with Crippen molar-refractivity contribution in [3.63, 3.8) is 0 Å². The van der Waals surface area contributed by atoms with Crippen LogP contribution in [0.5, 0.6) is 5.75 Å². The van der Waals surface area contributed by atoms with Crippen LogP contribution in [-0.2, 0) is 11.3 Å². The Hall–Kier alpha value is -1.96. The van der Waals surface area contributed by atoms with Gasteiger partial charge in [-0.2, -0.15) is 0 Å². The summed E-state index contributed by atoms with van der Waals surface area (Å²) in [5, 5.41) is 9.04. The molecule has 2 N–H and O–H groups in total. The molecule has 24 heavy (non-hydrogen) atoms. The van der Waals surface area contributed by atoms with Crippen molar-refractivity contribution in [3.8, 4) is 5.75 Å². The first-order valence-electron chi connectivity index (χ1n) is 7.81. The first-order chi connectivity index (χ1) is 11.7. The van der Waals surface area contributed by atoms with Gasteiger partial charge in [-0.05, 0) is 25.1 Å². The normalized spacial score (nSPS) is 10.6. The lowest BCUT2D eigenvalue weighted by Gasteiger charge is -2.08. The minimum Gasteiger partial charge on any atom is -0.487 e. The predicted octanol–water partition coefficient (Wildman–Crippen LogP) is 2.00. The van der Waals surface area contributed by atoms with Crippen LogP contribution >= 0.6 is 11.3 Å². The summed E-state index contributed by atoms with van der Waals surface area (Å²) in [5.41, 5.74) is 1.48. The number of thiazole rings is 1. The second kappa shape index (κ2) is 10.0. The average Bonchev–Trinajstić information content (AvgIpc) is 3.01. The molecule has 0 bridgehead atoms. The number of nitrogens with one attached hydrogen (secondary N) is 2. The van der Waals surface area contributed by atoms with Crippen LogP contribution in [0.4, 0.5) is 0 Å². The van der Waals surface area contributed by atoms with Crippen LogP contribution in [0.3, 0.4) is 0 Å². The summed E-state index contributed by atoms with van der Waals surface area (Å²) in [6.07, 6.45) is 0. The van der Waals surface area contributed by atoms with Crippen molar-refractivity contribution >= 4 is 17.2 Å². The number of nitrogens with zero attached hydrogens (tertiary/aromatic N) is 1. The van der Waals surface area contributed by atoms with Gasteiger partial charge in [-0.15, -0.1) is 11.3 Å². The van der Waals surface area contributed by atoms with Crippen molar-refractivity contribution in [2.75, 3.05) is 33.4 Å². The van der Waals surface area contributed by atoms with Crippen molar-refractivity contribution in [2.45, 2.75) is 13.5 Å². The fourth-order valence-electron chi connectivity index (χ4n) is 2.02. The molecule has 0 radical (unpaired) electrons. The number of benzene rings is 1. The van der Waals surface area contributed by atoms with E-state index in [4.69, 9.17) is 9.47 Å². The minimum absolute atomic E-state index is 0.113. The zero-order valence-corrected chi connectivity index (χ0v) is 14.8. The Kier molecular flexibility index (Phi) is 7.67. The molecule has 0 atom stereocenters. The first kappa shape index (κ1) is 18.4. The summed E-state index contributed by atoms with van der Waals surface area (Å²) in [6, 6.07) is 7.16. The molecule has 1 aromatic heterocycles. The van der Waals surface area contributed by atoms with Crippen LogP contribution in [0.15, 0.2) is 29.6 Å². The van der Waals surface area contributed by atoms with Crippen molar-refractivity contribution in [3.05, 3.63) is 45.9 Å². The summed E-state index contributed by atoms with van der Waals surface area (Å²) in [5.74, 6) is 0.546. The second-order valence-corrected chi connectivity index (χ2v) is 6.24. The molecule has 0 aliphatic heterocycles. The van der Waals surface area contributed by atoms with Gasteiger partial charge in [0, 0.05) is 37.7 Å². The molecule has 2 rings (SSSR count). The van der Waals surface area contributed by atoms with Crippen molar-refractivity contribution in [1.82, 2.24) is 15.6 Å². The van der Waals surface area contributed by atoms with Gasteiger partial charge in [0.05, 0.1) is 17.3 Å². The Morgan fingerprint density at radius 1 is 1.29 bits per heavy atom. The summed E-state index contributed by atoms with van der Waals surface area (Å²) < 4.78 is 10.6. The van der Waals surface area contributed by atoms with Crippen molar-refractivity contribution in [2.24, 2.45) is 0 Å². The topological polar surface area (TPSA) is 72.5 Å². The number of carbonyl (C=O) groups is 1. The van der Waals surface area contributed by atoms with Gasteiger partial charge in [0.15, 0.2) is 0 Å². The van der Waals surface area contributed by atoms with Gasteiger partial charge in [0.25, 0.3) is 5.91 Å². The third-order valence-electron chi connectivity index (χ3n) is 3.22. The molecule has 1 heterocycles. The van der Waals surface area contributed by atoms with Crippen LogP contribution in [0.1, 0.15) is 21.1 Å². The monoisotopic (exact) mass is 349 g/mol. The van der Waals surface area contributed by atoms with Crippen LogP contribution in [0.2, 0.25) is 0 Å². The highest BCUT2D eigenvalue weighted by atomic mass is 32.1. The maximum Gasteiger partial charge on any atom is 0.251 e. The molecular formula is C17H23N3O3S. The summed E-state index contributed by atoms with van der Waals surface area (Å²) in [6.45, 7) is 5.06. The number of hydrogen-bond acceptors (Lipinski definition) is 6. The van der Waals surface area contributed by atoms with E-state index < -0.39 is 0 Å². The SMILES string of the molecule is COCCNCCNC(=O)c1cccc(OCc2csc(C)n2)c1. The van der Waals surface area contributed by atoms with E-state index in [2.05, 4.69) is 15.6 Å². The largest absolute Gasteiger partial charge is 0.487 e. The van der Waals surface area contributed by atoms with Gasteiger partial charge in [-0.1, -0.05) is 6.07 Å². The second-order valence-electron chi connectivity index (χ2n) is 5.17. The highest BCUT2D eigenvalue weighted by molar-refractivity contribution is 7.09. The molecule has 0 saturated heterocycles. The minimum atomic E-state index is -0.113. The molecule has 0 fully saturated rings. The Morgan fingerprint density at radius 2 is 2.17 bits per heavy atom. The van der Waals surface area contributed by atoms with Gasteiger partial charge >= 0.3 is 0 Å². The summed E-state index contributed by atoms with van der Waals surface area (Å²) in [7, 11) is 1.66. The molecule has 7 heteroatoms. The number of methoxy groups -OCH3 is 1. The van der Waals surface area contributed by atoms with Crippen molar-refractivity contribution < 1.29 is 14.3 Å². The van der Waals surface area contributed by atoms with Gasteiger partial charge in [-0.25, -0.2) is 4.98 Å². The van der Waals surface area contributed by atoms with E-state index in [0.717, 1.165) is 17.2 Å². The fraction of sp³-hybridized carbons (Fsp3) is 0.412. The molecule has 6 nitrogen and oxygen atoms in total. The number of ether oxygens (including phenoxy) is 2. The third-order valence-corrected chi connectivity index (χ3v) is 4.04. The highest BCUT2D eigenvalue weighted by Gasteiger charge is 2.07. The number of amides is 1. The Labute approximate surface area is 146 Å². The fourth-order valence-corrected chi connectivity index (χ4v) is 2.62. The van der Waals surface area contributed by atoms with E-state index in [-0.39, 0.29) is 5.91 Å². The van der Waals surface area contributed by atoms with Crippen LogP contribution < -0.4 is 15.4 Å². The number of rotatable bonds is 10. The van der Waals surface area contributed by atoms with E-state index >= 15 is 0 Å². The molecule has 0 spiro atoms. The van der Waals surface area contributed by atoms with Gasteiger partial charge in [-0.3, -0.25) is 4.79 Å². The van der Waals surface area contributed by atoms with E-state index in [1.165, 1.54) is 0 Å². The molecule has 0 unspecified atom stereocenters. The quantitative estimate of drug-likeness (QED) is 0.642. The first-order valence-corrected chi connectivity index (χ1v) is 8.68. The standard InChI is InChI=1S/C17H23N3O3S/c1-13-20-15(12-24-13)11-23-16-5-3-4-14(10-16)17(21)19-7-6-18-8-9-22-2/h3-5,10,12,18H,6-9,11H2,1-2H3,(H,19,21). The third kappa shape index (κ3) is 6.27. The molecule has 0 saturated carbocycles. The summed E-state index contributed by atoms with van der Waals surface area (Å²) in [4.78, 5) is 16.5. The maximum absolute atomic E-state index is 12.1. The number of aromatic nitrogens is 1. The predicted molar refractivity (Wildman–Crippen MR) is 94.7 cm³/mol. The Balaban J connectivity index is 1.77. The smallest absolute Gasteiger partial charge is 0.251 e. The van der Waals surface area contributed by atoms with E-state index in [1.807, 2.05) is 24.4 Å². The molecule has 1 aromatic carbocycles. The van der Waals surface area contributed by atoms with Gasteiger partial charge in [0.2, 0.25) is 0 Å². The lowest BCUT2D eigenvalue weighted by atomic mass is 10.2. The zero-order chi connectivity index (χ0) is 17.2. The molecule has 2 aromatic rings. The van der Waals surface area contributed by atoms with Gasteiger partial charge < -0.3 is 20.1 Å². The van der Waals surface area contributed by atoms with Gasteiger partial charge in [0.1, 0.15) is 12.4 Å².